The zero-order chi connectivity index (χ0) is 22.1. The van der Waals surface area contributed by atoms with Gasteiger partial charge in [-0.3, -0.25) is 9.48 Å². The van der Waals surface area contributed by atoms with Crippen LogP contribution in [0.25, 0.3) is 0 Å². The number of rotatable bonds is 9. The molecule has 0 aliphatic rings. The van der Waals surface area contributed by atoms with Gasteiger partial charge in [0.2, 0.25) is 5.91 Å². The van der Waals surface area contributed by atoms with E-state index in [4.69, 9.17) is 0 Å². The number of hydrogen-bond donors (Lipinski definition) is 4. The standard InChI is InChI=1S/C22H34N6O2/c1-6-23-21(25-15-22(4,30)18-13-26-28(5)14-18)24-12-17-8-7-9-19(11-17)27-20(29)10-16(2)3/h7-9,11,13-14,16,30H,6,10,12,15H2,1-5H3,(H,27,29)(H2,23,24,25). The Labute approximate surface area is 178 Å². The molecule has 0 saturated heterocycles. The van der Waals surface area contributed by atoms with E-state index in [1.807, 2.05) is 52.1 Å². The van der Waals surface area contributed by atoms with Gasteiger partial charge in [0.15, 0.2) is 5.96 Å². The number of amides is 1. The number of carbonyl (C=O) groups is 1. The summed E-state index contributed by atoms with van der Waals surface area (Å²) in [5.74, 6) is 0.935. The van der Waals surface area contributed by atoms with Gasteiger partial charge in [-0.25, -0.2) is 4.99 Å². The van der Waals surface area contributed by atoms with Crippen molar-refractivity contribution < 1.29 is 9.90 Å². The fraction of sp³-hybridized carbons (Fsp3) is 0.500. The molecule has 0 radical (unpaired) electrons. The fourth-order valence-electron chi connectivity index (χ4n) is 2.90. The normalized spacial score (nSPS) is 13.8. The second-order valence-corrected chi connectivity index (χ2v) is 8.07. The minimum Gasteiger partial charge on any atom is -0.383 e. The highest BCUT2D eigenvalue weighted by molar-refractivity contribution is 5.90. The van der Waals surface area contributed by atoms with Crippen LogP contribution in [0.3, 0.4) is 0 Å². The number of aromatic nitrogens is 2. The first kappa shape index (κ1) is 23.4. The zero-order valence-electron chi connectivity index (χ0n) is 18.6. The number of nitrogens with zero attached hydrogens (tertiary/aromatic N) is 3. The lowest BCUT2D eigenvalue weighted by molar-refractivity contribution is -0.116. The van der Waals surface area contributed by atoms with E-state index in [1.165, 1.54) is 0 Å². The lowest BCUT2D eigenvalue weighted by atomic mass is 10.00. The molecule has 1 amide bonds. The highest BCUT2D eigenvalue weighted by atomic mass is 16.3. The number of hydrogen-bond acceptors (Lipinski definition) is 4. The van der Waals surface area contributed by atoms with Gasteiger partial charge >= 0.3 is 0 Å². The molecule has 1 aromatic carbocycles. The molecule has 0 saturated carbocycles. The number of nitrogens with one attached hydrogen (secondary N) is 3. The average molecular weight is 415 g/mol. The Morgan fingerprint density at radius 1 is 1.33 bits per heavy atom. The van der Waals surface area contributed by atoms with Crippen molar-refractivity contribution >= 4 is 17.6 Å². The minimum absolute atomic E-state index is 0.0123. The van der Waals surface area contributed by atoms with Crippen molar-refractivity contribution in [2.75, 3.05) is 18.4 Å². The molecule has 1 atom stereocenters. The summed E-state index contributed by atoms with van der Waals surface area (Å²) in [6.45, 7) is 9.20. The van der Waals surface area contributed by atoms with E-state index < -0.39 is 5.60 Å². The average Bonchev–Trinajstić information content (AvgIpc) is 3.11. The monoisotopic (exact) mass is 414 g/mol. The fourth-order valence-corrected chi connectivity index (χ4v) is 2.90. The Bertz CT molecular complexity index is 857. The van der Waals surface area contributed by atoms with Crippen LogP contribution < -0.4 is 16.0 Å². The van der Waals surface area contributed by atoms with E-state index in [2.05, 4.69) is 26.0 Å². The second kappa shape index (κ2) is 10.8. The molecule has 30 heavy (non-hydrogen) atoms. The Morgan fingerprint density at radius 2 is 2.10 bits per heavy atom. The molecule has 8 heteroatoms. The van der Waals surface area contributed by atoms with Crippen molar-refractivity contribution in [2.24, 2.45) is 18.0 Å². The summed E-state index contributed by atoms with van der Waals surface area (Å²) in [6, 6.07) is 7.68. The predicted molar refractivity (Wildman–Crippen MR) is 120 cm³/mol. The van der Waals surface area contributed by atoms with Crippen molar-refractivity contribution in [3.8, 4) is 0 Å². The molecule has 0 aliphatic heterocycles. The maximum absolute atomic E-state index is 12.0. The third kappa shape index (κ3) is 7.51. The van der Waals surface area contributed by atoms with Gasteiger partial charge in [-0.2, -0.15) is 5.10 Å². The first-order valence-corrected chi connectivity index (χ1v) is 10.3. The van der Waals surface area contributed by atoms with E-state index in [1.54, 1.807) is 24.0 Å². The molecule has 164 valence electrons. The first-order valence-electron chi connectivity index (χ1n) is 10.3. The molecule has 1 unspecified atom stereocenters. The third-order valence-corrected chi connectivity index (χ3v) is 4.50. The number of benzene rings is 1. The van der Waals surface area contributed by atoms with Crippen molar-refractivity contribution in [3.05, 3.63) is 47.8 Å². The third-order valence-electron chi connectivity index (χ3n) is 4.50. The summed E-state index contributed by atoms with van der Waals surface area (Å²) in [5.41, 5.74) is 1.41. The summed E-state index contributed by atoms with van der Waals surface area (Å²) in [4.78, 5) is 16.6. The first-order chi connectivity index (χ1) is 14.2. The van der Waals surface area contributed by atoms with Gasteiger partial charge < -0.3 is 21.1 Å². The molecular formula is C22H34N6O2. The largest absolute Gasteiger partial charge is 0.383 e. The number of carbonyl (C=O) groups excluding carboxylic acids is 1. The summed E-state index contributed by atoms with van der Waals surface area (Å²) in [6.07, 6.45) is 3.95. The van der Waals surface area contributed by atoms with Crippen LogP contribution in [0.4, 0.5) is 5.69 Å². The maximum Gasteiger partial charge on any atom is 0.224 e. The van der Waals surface area contributed by atoms with Crippen LogP contribution in [0, 0.1) is 5.92 Å². The number of guanidine groups is 1. The topological polar surface area (TPSA) is 104 Å². The summed E-state index contributed by atoms with van der Waals surface area (Å²) < 4.78 is 1.66. The molecule has 0 spiro atoms. The van der Waals surface area contributed by atoms with Crippen LogP contribution in [0.2, 0.25) is 0 Å². The Morgan fingerprint density at radius 3 is 2.73 bits per heavy atom. The van der Waals surface area contributed by atoms with Crippen LogP contribution in [0.15, 0.2) is 41.7 Å². The molecule has 0 bridgehead atoms. The van der Waals surface area contributed by atoms with Gasteiger partial charge in [-0.05, 0) is 37.5 Å². The molecule has 2 rings (SSSR count). The summed E-state index contributed by atoms with van der Waals surface area (Å²) in [7, 11) is 1.82. The van der Waals surface area contributed by atoms with Crippen molar-refractivity contribution in [3.63, 3.8) is 0 Å². The predicted octanol–water partition coefficient (Wildman–Crippen LogP) is 2.37. The Kier molecular flexibility index (Phi) is 8.41. The van der Waals surface area contributed by atoms with E-state index in [-0.39, 0.29) is 12.5 Å². The van der Waals surface area contributed by atoms with E-state index >= 15 is 0 Å². The number of aryl methyl sites for hydroxylation is 1. The van der Waals surface area contributed by atoms with Crippen LogP contribution in [-0.2, 0) is 24.0 Å². The zero-order valence-corrected chi connectivity index (χ0v) is 18.6. The Hall–Kier alpha value is -2.87. The second-order valence-electron chi connectivity index (χ2n) is 8.07. The van der Waals surface area contributed by atoms with Gasteiger partial charge in [0, 0.05) is 37.5 Å². The van der Waals surface area contributed by atoms with Crippen molar-refractivity contribution in [1.29, 1.82) is 0 Å². The Balaban J connectivity index is 2.00. The van der Waals surface area contributed by atoms with Crippen LogP contribution in [0.5, 0.6) is 0 Å². The molecule has 4 N–H and O–H groups in total. The van der Waals surface area contributed by atoms with Crippen LogP contribution >= 0.6 is 0 Å². The van der Waals surface area contributed by atoms with E-state index in [9.17, 15) is 9.90 Å². The number of aliphatic imine (C=N–C) groups is 1. The van der Waals surface area contributed by atoms with Crippen LogP contribution in [-0.4, -0.2) is 39.8 Å². The van der Waals surface area contributed by atoms with E-state index in [0.29, 0.717) is 31.4 Å². The molecular weight excluding hydrogens is 380 g/mol. The van der Waals surface area contributed by atoms with Gasteiger partial charge in [-0.1, -0.05) is 26.0 Å². The smallest absolute Gasteiger partial charge is 0.224 e. The summed E-state index contributed by atoms with van der Waals surface area (Å²) >= 11 is 0. The quantitative estimate of drug-likeness (QED) is 0.373. The lowest BCUT2D eigenvalue weighted by Crippen LogP contribution is -2.44. The summed E-state index contributed by atoms with van der Waals surface area (Å²) in [5, 5.41) is 24.2. The number of anilines is 1. The molecule has 1 aromatic heterocycles. The molecule has 0 fully saturated rings. The lowest BCUT2D eigenvalue weighted by Gasteiger charge is -2.23. The SMILES string of the molecule is CCNC(=NCc1cccc(NC(=O)CC(C)C)c1)NCC(C)(O)c1cnn(C)c1. The van der Waals surface area contributed by atoms with Gasteiger partial charge in [0.1, 0.15) is 5.60 Å². The molecule has 1 heterocycles. The van der Waals surface area contributed by atoms with Crippen molar-refractivity contribution in [1.82, 2.24) is 20.4 Å². The van der Waals surface area contributed by atoms with Crippen molar-refractivity contribution in [2.45, 2.75) is 46.3 Å². The highest BCUT2D eigenvalue weighted by Gasteiger charge is 2.25. The van der Waals surface area contributed by atoms with Gasteiger partial charge in [-0.15, -0.1) is 0 Å². The molecule has 0 aliphatic carbocycles. The number of aliphatic hydroxyl groups is 1. The van der Waals surface area contributed by atoms with Gasteiger partial charge in [0.25, 0.3) is 0 Å². The highest BCUT2D eigenvalue weighted by Crippen LogP contribution is 2.18. The van der Waals surface area contributed by atoms with E-state index in [0.717, 1.165) is 16.8 Å². The van der Waals surface area contributed by atoms with Crippen LogP contribution in [0.1, 0.15) is 45.2 Å². The van der Waals surface area contributed by atoms with Gasteiger partial charge in [0.05, 0.1) is 19.3 Å². The molecule has 2 aromatic rings. The molecule has 8 nitrogen and oxygen atoms in total. The minimum atomic E-state index is -1.08. The maximum atomic E-state index is 12.0.